The second-order valence-corrected chi connectivity index (χ2v) is 5.67. The van der Waals surface area contributed by atoms with Gasteiger partial charge in [-0.25, -0.2) is 0 Å². The fourth-order valence-corrected chi connectivity index (χ4v) is 2.79. The maximum Gasteiger partial charge on any atom is 0.417 e. The first-order valence-electron chi connectivity index (χ1n) is 6.67. The number of halogens is 3. The van der Waals surface area contributed by atoms with Crippen molar-refractivity contribution in [2.75, 3.05) is 6.54 Å². The Balaban J connectivity index is 2.30. The molecule has 0 amide bonds. The van der Waals surface area contributed by atoms with Crippen LogP contribution in [-0.4, -0.2) is 16.7 Å². The Morgan fingerprint density at radius 1 is 1.24 bits per heavy atom. The highest BCUT2D eigenvalue weighted by Gasteiger charge is 2.34. The number of benzene rings is 1. The first kappa shape index (κ1) is 15.9. The van der Waals surface area contributed by atoms with Gasteiger partial charge in [0.2, 0.25) is 0 Å². The first-order chi connectivity index (χ1) is 9.93. The van der Waals surface area contributed by atoms with Gasteiger partial charge in [0, 0.05) is 5.56 Å². The fraction of sp³-hybridized carbons (Fsp3) is 0.429. The summed E-state index contributed by atoms with van der Waals surface area (Å²) in [5.41, 5.74) is -0.599. The van der Waals surface area contributed by atoms with E-state index in [0.29, 0.717) is 10.0 Å². The van der Waals surface area contributed by atoms with Crippen LogP contribution in [-0.2, 0) is 6.18 Å². The van der Waals surface area contributed by atoms with Crippen LogP contribution < -0.4 is 5.32 Å². The minimum atomic E-state index is -4.39. The highest BCUT2D eigenvalue weighted by molar-refractivity contribution is 7.14. The van der Waals surface area contributed by atoms with Gasteiger partial charge < -0.3 is 5.32 Å². The summed E-state index contributed by atoms with van der Waals surface area (Å²) in [4.78, 5) is 0. The van der Waals surface area contributed by atoms with E-state index in [1.165, 1.54) is 23.5 Å². The summed E-state index contributed by atoms with van der Waals surface area (Å²) in [5.74, 6) is 0. The lowest BCUT2D eigenvalue weighted by Crippen LogP contribution is -2.18. The maximum atomic E-state index is 13.0. The van der Waals surface area contributed by atoms with Crippen LogP contribution in [0.4, 0.5) is 13.2 Å². The average molecular weight is 315 g/mol. The van der Waals surface area contributed by atoms with E-state index in [4.69, 9.17) is 0 Å². The Hall–Kier alpha value is -1.47. The molecule has 1 atom stereocenters. The minimum Gasteiger partial charge on any atom is -0.308 e. The zero-order valence-corrected chi connectivity index (χ0v) is 12.6. The van der Waals surface area contributed by atoms with Crippen molar-refractivity contribution in [2.24, 2.45) is 0 Å². The Morgan fingerprint density at radius 2 is 1.95 bits per heavy atom. The number of rotatable bonds is 5. The van der Waals surface area contributed by atoms with Crippen molar-refractivity contribution in [2.45, 2.75) is 32.5 Å². The highest BCUT2D eigenvalue weighted by atomic mass is 32.1. The lowest BCUT2D eigenvalue weighted by Gasteiger charge is -2.10. The fourth-order valence-electron chi connectivity index (χ4n) is 1.88. The van der Waals surface area contributed by atoms with E-state index in [9.17, 15) is 13.2 Å². The SMILES string of the molecule is CCCNC(C)c1nnc(-c2ccccc2C(F)(F)F)s1. The molecule has 7 heteroatoms. The highest BCUT2D eigenvalue weighted by Crippen LogP contribution is 2.38. The van der Waals surface area contributed by atoms with Crippen molar-refractivity contribution in [3.63, 3.8) is 0 Å². The van der Waals surface area contributed by atoms with Crippen LogP contribution in [0.15, 0.2) is 24.3 Å². The molecule has 0 spiro atoms. The second-order valence-electron chi connectivity index (χ2n) is 4.66. The predicted molar refractivity (Wildman–Crippen MR) is 77.1 cm³/mol. The summed E-state index contributed by atoms with van der Waals surface area (Å²) >= 11 is 1.19. The molecule has 1 heterocycles. The molecule has 0 fully saturated rings. The largest absolute Gasteiger partial charge is 0.417 e. The van der Waals surface area contributed by atoms with Gasteiger partial charge in [0.25, 0.3) is 0 Å². The molecular weight excluding hydrogens is 299 g/mol. The third-order valence-electron chi connectivity index (χ3n) is 2.97. The van der Waals surface area contributed by atoms with Gasteiger partial charge in [-0.15, -0.1) is 10.2 Å². The molecule has 0 saturated heterocycles. The molecule has 3 nitrogen and oxygen atoms in total. The normalized spacial score (nSPS) is 13.4. The van der Waals surface area contributed by atoms with Crippen LogP contribution in [0.1, 0.15) is 36.9 Å². The molecule has 0 radical (unpaired) electrons. The average Bonchev–Trinajstić information content (AvgIpc) is 2.93. The zero-order valence-electron chi connectivity index (χ0n) is 11.7. The van der Waals surface area contributed by atoms with Crippen LogP contribution in [0.5, 0.6) is 0 Å². The monoisotopic (exact) mass is 315 g/mol. The summed E-state index contributed by atoms with van der Waals surface area (Å²) in [5, 5.41) is 12.2. The predicted octanol–water partition coefficient (Wildman–Crippen LogP) is 4.28. The number of aromatic nitrogens is 2. The number of nitrogens with one attached hydrogen (secondary N) is 1. The smallest absolute Gasteiger partial charge is 0.308 e. The molecule has 0 aliphatic heterocycles. The van der Waals surface area contributed by atoms with E-state index in [2.05, 4.69) is 15.5 Å². The Kier molecular flexibility index (Phi) is 4.95. The van der Waals surface area contributed by atoms with Crippen molar-refractivity contribution in [3.05, 3.63) is 34.8 Å². The van der Waals surface area contributed by atoms with Gasteiger partial charge in [-0.2, -0.15) is 13.2 Å². The third kappa shape index (κ3) is 3.79. The molecule has 1 aromatic heterocycles. The maximum absolute atomic E-state index is 13.0. The lowest BCUT2D eigenvalue weighted by atomic mass is 10.1. The number of alkyl halides is 3. The topological polar surface area (TPSA) is 37.8 Å². The van der Waals surface area contributed by atoms with Crippen molar-refractivity contribution in [3.8, 4) is 10.6 Å². The van der Waals surface area contributed by atoms with Crippen molar-refractivity contribution in [1.82, 2.24) is 15.5 Å². The first-order valence-corrected chi connectivity index (χ1v) is 7.48. The number of hydrogen-bond donors (Lipinski definition) is 1. The second kappa shape index (κ2) is 6.53. The van der Waals surface area contributed by atoms with Gasteiger partial charge >= 0.3 is 6.18 Å². The van der Waals surface area contributed by atoms with E-state index < -0.39 is 11.7 Å². The van der Waals surface area contributed by atoms with Crippen molar-refractivity contribution in [1.29, 1.82) is 0 Å². The molecule has 0 aliphatic rings. The quantitative estimate of drug-likeness (QED) is 0.894. The third-order valence-corrected chi connectivity index (χ3v) is 4.11. The van der Waals surface area contributed by atoms with Gasteiger partial charge in [0.05, 0.1) is 11.6 Å². The molecule has 0 bridgehead atoms. The molecule has 1 aromatic carbocycles. The molecule has 0 aliphatic carbocycles. The van der Waals surface area contributed by atoms with E-state index in [0.717, 1.165) is 19.0 Å². The Bertz CT molecular complexity index is 595. The summed E-state index contributed by atoms with van der Waals surface area (Å²) < 4.78 is 39.0. The number of hydrogen-bond acceptors (Lipinski definition) is 4. The minimum absolute atomic E-state index is 0.0192. The molecule has 2 aromatic rings. The van der Waals surface area contributed by atoms with Crippen LogP contribution in [0.3, 0.4) is 0 Å². The Morgan fingerprint density at radius 3 is 2.62 bits per heavy atom. The van der Waals surface area contributed by atoms with Crippen LogP contribution in [0.25, 0.3) is 10.6 Å². The van der Waals surface area contributed by atoms with Gasteiger partial charge in [0.15, 0.2) is 0 Å². The molecule has 1 unspecified atom stereocenters. The molecular formula is C14H16F3N3S. The molecule has 2 rings (SSSR count). The van der Waals surface area contributed by atoms with Gasteiger partial charge in [-0.1, -0.05) is 36.5 Å². The van der Waals surface area contributed by atoms with E-state index in [1.807, 2.05) is 13.8 Å². The zero-order chi connectivity index (χ0) is 15.5. The van der Waals surface area contributed by atoms with Crippen LogP contribution in [0, 0.1) is 0 Å². The van der Waals surface area contributed by atoms with E-state index in [1.54, 1.807) is 6.07 Å². The summed E-state index contributed by atoms with van der Waals surface area (Å²) in [6.07, 6.45) is -3.42. The number of nitrogens with zero attached hydrogens (tertiary/aromatic N) is 2. The molecule has 114 valence electrons. The van der Waals surface area contributed by atoms with Crippen LogP contribution in [0.2, 0.25) is 0 Å². The van der Waals surface area contributed by atoms with E-state index >= 15 is 0 Å². The Labute approximate surface area is 125 Å². The molecule has 21 heavy (non-hydrogen) atoms. The standard InChI is InChI=1S/C14H16F3N3S/c1-3-8-18-9(2)12-19-20-13(21-12)10-6-4-5-7-11(10)14(15,16)17/h4-7,9,18H,3,8H2,1-2H3. The van der Waals surface area contributed by atoms with Gasteiger partial charge in [0.1, 0.15) is 10.0 Å². The van der Waals surface area contributed by atoms with Crippen molar-refractivity contribution >= 4 is 11.3 Å². The summed E-state index contributed by atoms with van der Waals surface area (Å²) in [7, 11) is 0. The summed E-state index contributed by atoms with van der Waals surface area (Å²) in [6.45, 7) is 4.80. The molecule has 1 N–H and O–H groups in total. The van der Waals surface area contributed by atoms with Gasteiger partial charge in [-0.3, -0.25) is 0 Å². The summed E-state index contributed by atoms with van der Waals surface area (Å²) in [6, 6.07) is 5.42. The van der Waals surface area contributed by atoms with Gasteiger partial charge in [-0.05, 0) is 26.0 Å². The van der Waals surface area contributed by atoms with E-state index in [-0.39, 0.29) is 11.6 Å². The van der Waals surface area contributed by atoms with Crippen molar-refractivity contribution < 1.29 is 13.2 Å². The molecule has 0 saturated carbocycles. The lowest BCUT2D eigenvalue weighted by molar-refractivity contribution is -0.137. The van der Waals surface area contributed by atoms with Crippen LogP contribution >= 0.6 is 11.3 Å².